The van der Waals surface area contributed by atoms with Gasteiger partial charge in [-0.3, -0.25) is 0 Å². The number of halogens is 1. The Balaban J connectivity index is 3.24. The summed E-state index contributed by atoms with van der Waals surface area (Å²) in [6, 6.07) is 2.82. The Morgan fingerprint density at radius 3 is 2.67 bits per heavy atom. The lowest BCUT2D eigenvalue weighted by molar-refractivity contribution is 0.405. The Bertz CT molecular complexity index is 286. The normalized spacial score (nSPS) is 10.0. The van der Waals surface area contributed by atoms with E-state index in [2.05, 4.69) is 0 Å². The molecule has 0 heterocycles. The fourth-order valence-electron chi connectivity index (χ4n) is 1.24. The second-order valence-electron chi connectivity index (χ2n) is 2.62. The van der Waals surface area contributed by atoms with Crippen LogP contribution in [0.5, 0.6) is 5.75 Å². The first-order valence-corrected chi connectivity index (χ1v) is 3.72. The van der Waals surface area contributed by atoms with Crippen LogP contribution in [-0.2, 0) is 6.54 Å². The predicted molar refractivity (Wildman–Crippen MR) is 45.6 cm³/mol. The highest BCUT2D eigenvalue weighted by Crippen LogP contribution is 2.23. The minimum atomic E-state index is -0.270. The smallest absolute Gasteiger partial charge is 0.126 e. The standard InChI is InChI=1S/C9H12FNO/c1-6-3-8(10)4-7(5-11)9(6)12-2/h3-4H,5,11H2,1-2H3. The molecule has 2 N–H and O–H groups in total. The molecule has 3 heteroatoms. The van der Waals surface area contributed by atoms with Gasteiger partial charge in [0, 0.05) is 12.1 Å². The van der Waals surface area contributed by atoms with Crippen LogP contribution in [0.3, 0.4) is 0 Å². The molecule has 0 aliphatic carbocycles. The van der Waals surface area contributed by atoms with Gasteiger partial charge in [0.25, 0.3) is 0 Å². The molecule has 66 valence electrons. The molecule has 0 fully saturated rings. The lowest BCUT2D eigenvalue weighted by Gasteiger charge is -2.09. The zero-order valence-corrected chi connectivity index (χ0v) is 7.23. The molecule has 0 amide bonds. The highest BCUT2D eigenvalue weighted by Gasteiger charge is 2.06. The highest BCUT2D eigenvalue weighted by atomic mass is 19.1. The van der Waals surface area contributed by atoms with Crippen LogP contribution >= 0.6 is 0 Å². The third-order valence-corrected chi connectivity index (χ3v) is 1.74. The van der Waals surface area contributed by atoms with E-state index in [1.807, 2.05) is 0 Å². The summed E-state index contributed by atoms with van der Waals surface area (Å²) in [4.78, 5) is 0. The van der Waals surface area contributed by atoms with Gasteiger partial charge in [0.2, 0.25) is 0 Å². The van der Waals surface area contributed by atoms with Gasteiger partial charge >= 0.3 is 0 Å². The molecule has 1 aromatic carbocycles. The van der Waals surface area contributed by atoms with E-state index in [1.165, 1.54) is 12.1 Å². The van der Waals surface area contributed by atoms with Crippen LogP contribution in [0, 0.1) is 12.7 Å². The molecule has 0 saturated carbocycles. The quantitative estimate of drug-likeness (QED) is 0.729. The lowest BCUT2D eigenvalue weighted by atomic mass is 10.1. The molecule has 0 bridgehead atoms. The first-order valence-electron chi connectivity index (χ1n) is 3.72. The maximum absolute atomic E-state index is 12.8. The third-order valence-electron chi connectivity index (χ3n) is 1.74. The molecule has 1 aromatic rings. The molecule has 0 aromatic heterocycles. The molecule has 0 spiro atoms. The van der Waals surface area contributed by atoms with Crippen molar-refractivity contribution >= 4 is 0 Å². The van der Waals surface area contributed by atoms with E-state index < -0.39 is 0 Å². The summed E-state index contributed by atoms with van der Waals surface area (Å²) in [5, 5.41) is 0. The van der Waals surface area contributed by atoms with E-state index >= 15 is 0 Å². The fraction of sp³-hybridized carbons (Fsp3) is 0.333. The van der Waals surface area contributed by atoms with Crippen molar-refractivity contribution in [3.8, 4) is 5.75 Å². The summed E-state index contributed by atoms with van der Waals surface area (Å²) in [5.41, 5.74) is 6.90. The van der Waals surface area contributed by atoms with Crippen LogP contribution in [-0.4, -0.2) is 7.11 Å². The Hall–Kier alpha value is -1.09. The van der Waals surface area contributed by atoms with Crippen molar-refractivity contribution in [2.24, 2.45) is 5.73 Å². The van der Waals surface area contributed by atoms with Crippen LogP contribution in [0.1, 0.15) is 11.1 Å². The highest BCUT2D eigenvalue weighted by molar-refractivity contribution is 5.41. The molecule has 0 atom stereocenters. The van der Waals surface area contributed by atoms with Crippen LogP contribution in [0.15, 0.2) is 12.1 Å². The summed E-state index contributed by atoms with van der Waals surface area (Å²) in [5.74, 6) is 0.410. The van der Waals surface area contributed by atoms with Crippen LogP contribution in [0.2, 0.25) is 0 Å². The molecule has 1 rings (SSSR count). The van der Waals surface area contributed by atoms with Crippen molar-refractivity contribution in [2.75, 3.05) is 7.11 Å². The first kappa shape index (κ1) is 9.00. The molecule has 0 saturated heterocycles. The second kappa shape index (κ2) is 3.54. The summed E-state index contributed by atoms with van der Waals surface area (Å²) in [7, 11) is 1.55. The second-order valence-corrected chi connectivity index (χ2v) is 2.62. The zero-order valence-electron chi connectivity index (χ0n) is 7.23. The van der Waals surface area contributed by atoms with Crippen molar-refractivity contribution in [2.45, 2.75) is 13.5 Å². The largest absolute Gasteiger partial charge is 0.496 e. The molecular weight excluding hydrogens is 157 g/mol. The minimum Gasteiger partial charge on any atom is -0.496 e. The topological polar surface area (TPSA) is 35.2 Å². The number of aryl methyl sites for hydroxylation is 1. The summed E-state index contributed by atoms with van der Waals surface area (Å²) >= 11 is 0. The third kappa shape index (κ3) is 1.56. The van der Waals surface area contributed by atoms with Gasteiger partial charge in [-0.05, 0) is 24.6 Å². The van der Waals surface area contributed by atoms with E-state index in [4.69, 9.17) is 10.5 Å². The molecule has 0 aliphatic heterocycles. The molecule has 0 aliphatic rings. The predicted octanol–water partition coefficient (Wildman–Crippen LogP) is 1.60. The number of hydrogen-bond donors (Lipinski definition) is 1. The number of benzene rings is 1. The van der Waals surface area contributed by atoms with Crippen molar-refractivity contribution in [1.29, 1.82) is 0 Å². The van der Waals surface area contributed by atoms with Gasteiger partial charge < -0.3 is 10.5 Å². The Kier molecular flexibility index (Phi) is 2.65. The van der Waals surface area contributed by atoms with E-state index in [9.17, 15) is 4.39 Å². The minimum absolute atomic E-state index is 0.270. The van der Waals surface area contributed by atoms with E-state index in [1.54, 1.807) is 14.0 Å². The molecule has 12 heavy (non-hydrogen) atoms. The molecule has 2 nitrogen and oxygen atoms in total. The maximum Gasteiger partial charge on any atom is 0.126 e. The Morgan fingerprint density at radius 2 is 2.17 bits per heavy atom. The van der Waals surface area contributed by atoms with Crippen molar-refractivity contribution in [3.05, 3.63) is 29.1 Å². The molecule has 0 radical (unpaired) electrons. The number of hydrogen-bond acceptors (Lipinski definition) is 2. The number of methoxy groups -OCH3 is 1. The molecular formula is C9H12FNO. The monoisotopic (exact) mass is 169 g/mol. The Morgan fingerprint density at radius 1 is 1.50 bits per heavy atom. The summed E-state index contributed by atoms with van der Waals surface area (Å²) < 4.78 is 17.9. The van der Waals surface area contributed by atoms with Gasteiger partial charge in [-0.2, -0.15) is 0 Å². The van der Waals surface area contributed by atoms with Gasteiger partial charge in [0.1, 0.15) is 11.6 Å². The van der Waals surface area contributed by atoms with Crippen molar-refractivity contribution < 1.29 is 9.13 Å². The summed E-state index contributed by atoms with van der Waals surface area (Å²) in [6.45, 7) is 2.09. The average molecular weight is 169 g/mol. The average Bonchev–Trinajstić information content (AvgIpc) is 2.03. The van der Waals surface area contributed by atoms with Gasteiger partial charge in [-0.1, -0.05) is 0 Å². The number of nitrogens with two attached hydrogens (primary N) is 1. The van der Waals surface area contributed by atoms with E-state index in [0.29, 0.717) is 17.9 Å². The van der Waals surface area contributed by atoms with Gasteiger partial charge in [-0.15, -0.1) is 0 Å². The first-order chi connectivity index (χ1) is 5.69. The van der Waals surface area contributed by atoms with Crippen molar-refractivity contribution in [3.63, 3.8) is 0 Å². The summed E-state index contributed by atoms with van der Waals surface area (Å²) in [6.07, 6.45) is 0. The molecule has 0 unspecified atom stereocenters. The van der Waals surface area contributed by atoms with Gasteiger partial charge in [-0.25, -0.2) is 4.39 Å². The van der Waals surface area contributed by atoms with Crippen LogP contribution < -0.4 is 10.5 Å². The van der Waals surface area contributed by atoms with E-state index in [-0.39, 0.29) is 5.82 Å². The number of rotatable bonds is 2. The number of ether oxygens (including phenoxy) is 1. The van der Waals surface area contributed by atoms with Gasteiger partial charge in [0.05, 0.1) is 7.11 Å². The maximum atomic E-state index is 12.8. The zero-order chi connectivity index (χ0) is 9.14. The SMILES string of the molecule is COc1c(C)cc(F)cc1CN. The van der Waals surface area contributed by atoms with Crippen LogP contribution in [0.4, 0.5) is 4.39 Å². The Labute approximate surface area is 71.1 Å². The van der Waals surface area contributed by atoms with Crippen LogP contribution in [0.25, 0.3) is 0 Å². The fourth-order valence-corrected chi connectivity index (χ4v) is 1.24. The van der Waals surface area contributed by atoms with E-state index in [0.717, 1.165) is 5.56 Å². The lowest BCUT2D eigenvalue weighted by Crippen LogP contribution is -2.02. The van der Waals surface area contributed by atoms with Gasteiger partial charge in [0.15, 0.2) is 0 Å². The van der Waals surface area contributed by atoms with Crippen molar-refractivity contribution in [1.82, 2.24) is 0 Å².